The summed E-state index contributed by atoms with van der Waals surface area (Å²) >= 11 is 0. The Kier molecular flexibility index (Phi) is 3.81. The van der Waals surface area contributed by atoms with Crippen LogP contribution >= 0.6 is 0 Å². The van der Waals surface area contributed by atoms with Crippen LogP contribution in [0, 0.1) is 0 Å². The molecule has 0 bridgehead atoms. The van der Waals surface area contributed by atoms with Gasteiger partial charge in [-0.25, -0.2) is 0 Å². The van der Waals surface area contributed by atoms with Crippen LogP contribution in [0.3, 0.4) is 0 Å². The fourth-order valence-electron chi connectivity index (χ4n) is 3.15. The molecule has 0 aromatic carbocycles. The van der Waals surface area contributed by atoms with Crippen molar-refractivity contribution in [2.45, 2.75) is 76.1 Å². The summed E-state index contributed by atoms with van der Waals surface area (Å²) in [6, 6.07) is 0. The van der Waals surface area contributed by atoms with E-state index < -0.39 is 42.3 Å². The molecule has 0 aromatic heterocycles. The summed E-state index contributed by atoms with van der Waals surface area (Å²) in [5.41, 5.74) is 0. The summed E-state index contributed by atoms with van der Waals surface area (Å²) in [5.74, 6) is -1.52. The van der Waals surface area contributed by atoms with E-state index in [1.165, 1.54) is 7.11 Å². The molecule has 0 unspecified atom stereocenters. The predicted molar refractivity (Wildman–Crippen MR) is 70.4 cm³/mol. The standard InChI is InChI=1S/C14H24O7/c1-13(2)17-6-7-9(19-13)11-10(20-14(3,4)21-11)8(15)12(16-5)18-7/h7-12,15H,6H2,1-5H3/t7-,8-,9-,10-,11+,12-/m1/s1. The van der Waals surface area contributed by atoms with E-state index in [1.807, 2.05) is 27.7 Å². The maximum absolute atomic E-state index is 10.5. The van der Waals surface area contributed by atoms with Crippen molar-refractivity contribution < 1.29 is 33.5 Å². The Morgan fingerprint density at radius 1 is 0.952 bits per heavy atom. The second-order valence-electron chi connectivity index (χ2n) is 6.63. The van der Waals surface area contributed by atoms with Crippen LogP contribution in [-0.4, -0.2) is 67.2 Å². The average Bonchev–Trinajstić information content (AvgIpc) is 2.67. The highest BCUT2D eigenvalue weighted by Crippen LogP contribution is 2.40. The molecule has 7 heteroatoms. The zero-order chi connectivity index (χ0) is 15.4. The number of hydrogen-bond acceptors (Lipinski definition) is 7. The monoisotopic (exact) mass is 304 g/mol. The van der Waals surface area contributed by atoms with Crippen molar-refractivity contribution >= 4 is 0 Å². The molecule has 7 nitrogen and oxygen atoms in total. The first kappa shape index (κ1) is 15.6. The molecule has 122 valence electrons. The molecule has 0 radical (unpaired) electrons. The first-order valence-corrected chi connectivity index (χ1v) is 7.26. The number of methoxy groups -OCH3 is 1. The molecule has 3 saturated heterocycles. The Morgan fingerprint density at radius 3 is 2.24 bits per heavy atom. The topological polar surface area (TPSA) is 75.6 Å². The fraction of sp³-hybridized carbons (Fsp3) is 1.00. The number of aliphatic hydroxyl groups excluding tert-OH is 1. The van der Waals surface area contributed by atoms with Gasteiger partial charge in [0.2, 0.25) is 0 Å². The lowest BCUT2D eigenvalue weighted by Gasteiger charge is -2.42. The normalized spacial score (nSPS) is 48.3. The van der Waals surface area contributed by atoms with Crippen molar-refractivity contribution in [3.63, 3.8) is 0 Å². The molecule has 0 aliphatic carbocycles. The van der Waals surface area contributed by atoms with Crippen LogP contribution in [-0.2, 0) is 28.4 Å². The van der Waals surface area contributed by atoms with E-state index in [0.717, 1.165) is 0 Å². The molecule has 3 aliphatic heterocycles. The van der Waals surface area contributed by atoms with E-state index in [2.05, 4.69) is 0 Å². The maximum Gasteiger partial charge on any atom is 0.186 e. The average molecular weight is 304 g/mol. The van der Waals surface area contributed by atoms with Crippen LogP contribution in [0.25, 0.3) is 0 Å². The predicted octanol–water partition coefficient (Wildman–Crippen LogP) is 0.390. The van der Waals surface area contributed by atoms with Gasteiger partial charge in [0.15, 0.2) is 17.9 Å². The second kappa shape index (κ2) is 5.13. The van der Waals surface area contributed by atoms with Crippen molar-refractivity contribution in [1.29, 1.82) is 0 Å². The summed E-state index contributed by atoms with van der Waals surface area (Å²) in [4.78, 5) is 0. The molecule has 6 atom stereocenters. The van der Waals surface area contributed by atoms with E-state index in [0.29, 0.717) is 6.61 Å². The smallest absolute Gasteiger partial charge is 0.186 e. The van der Waals surface area contributed by atoms with Crippen LogP contribution in [0.15, 0.2) is 0 Å². The quantitative estimate of drug-likeness (QED) is 0.751. The molecule has 3 fully saturated rings. The van der Waals surface area contributed by atoms with Crippen LogP contribution in [0.2, 0.25) is 0 Å². The van der Waals surface area contributed by atoms with Gasteiger partial charge in [-0.2, -0.15) is 0 Å². The molecule has 0 spiro atoms. The molecular weight excluding hydrogens is 280 g/mol. The number of rotatable bonds is 1. The van der Waals surface area contributed by atoms with Gasteiger partial charge in [-0.3, -0.25) is 0 Å². The van der Waals surface area contributed by atoms with Crippen molar-refractivity contribution in [3.05, 3.63) is 0 Å². The molecule has 3 rings (SSSR count). The summed E-state index contributed by atoms with van der Waals surface area (Å²) in [6.07, 6.45) is -3.56. The third-order valence-electron chi connectivity index (χ3n) is 4.03. The Balaban J connectivity index is 1.92. The highest BCUT2D eigenvalue weighted by Gasteiger charge is 2.58. The Morgan fingerprint density at radius 2 is 1.57 bits per heavy atom. The van der Waals surface area contributed by atoms with Crippen LogP contribution in [0.4, 0.5) is 0 Å². The van der Waals surface area contributed by atoms with Gasteiger partial charge in [-0.1, -0.05) is 0 Å². The molecule has 1 N–H and O–H groups in total. The second-order valence-corrected chi connectivity index (χ2v) is 6.63. The van der Waals surface area contributed by atoms with Gasteiger partial charge in [0, 0.05) is 7.11 Å². The lowest BCUT2D eigenvalue weighted by Crippen LogP contribution is -2.55. The Labute approximate surface area is 124 Å². The van der Waals surface area contributed by atoms with Gasteiger partial charge >= 0.3 is 0 Å². The first-order chi connectivity index (χ1) is 9.72. The van der Waals surface area contributed by atoms with Gasteiger partial charge in [0.05, 0.1) is 6.61 Å². The summed E-state index contributed by atoms with van der Waals surface area (Å²) in [5, 5.41) is 10.5. The minimum atomic E-state index is -0.959. The van der Waals surface area contributed by atoms with Gasteiger partial charge in [0.25, 0.3) is 0 Å². The molecular formula is C14H24O7. The minimum absolute atomic E-state index is 0.344. The molecule has 21 heavy (non-hydrogen) atoms. The number of fused-ring (bicyclic) bond motifs is 3. The number of ether oxygens (including phenoxy) is 6. The Hall–Kier alpha value is -0.280. The Bertz CT molecular complexity index is 397. The number of aliphatic hydroxyl groups is 1. The molecule has 3 heterocycles. The van der Waals surface area contributed by atoms with E-state index in [9.17, 15) is 5.11 Å². The largest absolute Gasteiger partial charge is 0.385 e. The third-order valence-corrected chi connectivity index (χ3v) is 4.03. The van der Waals surface area contributed by atoms with Gasteiger partial charge in [-0.15, -0.1) is 0 Å². The summed E-state index contributed by atoms with van der Waals surface area (Å²) in [7, 11) is 1.48. The van der Waals surface area contributed by atoms with Crippen molar-refractivity contribution in [2.75, 3.05) is 13.7 Å². The van der Waals surface area contributed by atoms with E-state index in [-0.39, 0.29) is 6.10 Å². The zero-order valence-corrected chi connectivity index (χ0v) is 13.1. The zero-order valence-electron chi connectivity index (χ0n) is 13.1. The molecule has 3 aliphatic rings. The highest BCUT2D eigenvalue weighted by molar-refractivity contribution is 5.00. The lowest BCUT2D eigenvalue weighted by atomic mass is 10.00. The lowest BCUT2D eigenvalue weighted by molar-refractivity contribution is -0.340. The summed E-state index contributed by atoms with van der Waals surface area (Å²) < 4.78 is 34.5. The molecule has 0 amide bonds. The van der Waals surface area contributed by atoms with Gasteiger partial charge < -0.3 is 33.5 Å². The van der Waals surface area contributed by atoms with Crippen molar-refractivity contribution in [1.82, 2.24) is 0 Å². The van der Waals surface area contributed by atoms with E-state index >= 15 is 0 Å². The molecule has 0 aromatic rings. The fourth-order valence-corrected chi connectivity index (χ4v) is 3.15. The van der Waals surface area contributed by atoms with Crippen LogP contribution in [0.1, 0.15) is 27.7 Å². The van der Waals surface area contributed by atoms with Crippen molar-refractivity contribution in [2.24, 2.45) is 0 Å². The highest BCUT2D eigenvalue weighted by atomic mass is 16.8. The van der Waals surface area contributed by atoms with Crippen molar-refractivity contribution in [3.8, 4) is 0 Å². The first-order valence-electron chi connectivity index (χ1n) is 7.26. The minimum Gasteiger partial charge on any atom is -0.385 e. The van der Waals surface area contributed by atoms with Gasteiger partial charge in [0.1, 0.15) is 30.5 Å². The van der Waals surface area contributed by atoms with E-state index in [1.54, 1.807) is 0 Å². The van der Waals surface area contributed by atoms with Gasteiger partial charge in [-0.05, 0) is 27.7 Å². The number of hydrogen-bond donors (Lipinski definition) is 1. The maximum atomic E-state index is 10.5. The van der Waals surface area contributed by atoms with Crippen LogP contribution in [0.5, 0.6) is 0 Å². The molecule has 0 saturated carbocycles. The third kappa shape index (κ3) is 2.84. The van der Waals surface area contributed by atoms with E-state index in [4.69, 9.17) is 28.4 Å². The van der Waals surface area contributed by atoms with Crippen LogP contribution < -0.4 is 0 Å². The SMILES string of the molecule is CO[C@@H]1O[C@@H]2COC(C)(C)O[C@H]2[C@@H]2OC(C)(C)O[C@@H]2[C@H]1O. The summed E-state index contributed by atoms with van der Waals surface area (Å²) in [6.45, 7) is 7.66.